The van der Waals surface area contributed by atoms with Gasteiger partial charge in [-0.2, -0.15) is 4.98 Å². The number of ether oxygens (including phenoxy) is 1. The zero-order valence-electron chi connectivity index (χ0n) is 20.0. The van der Waals surface area contributed by atoms with Crippen LogP contribution in [-0.2, 0) is 6.54 Å². The van der Waals surface area contributed by atoms with Crippen LogP contribution in [0.25, 0.3) is 17.0 Å². The average Bonchev–Trinajstić information content (AvgIpc) is 3.56. The number of amides is 2. The molecule has 0 saturated heterocycles. The molecular formula is C27H26N4O4. The minimum atomic E-state index is -0.451. The summed E-state index contributed by atoms with van der Waals surface area (Å²) in [5, 5.41) is 7.35. The Labute approximate surface area is 203 Å². The molecule has 1 unspecified atom stereocenters. The van der Waals surface area contributed by atoms with Gasteiger partial charge < -0.3 is 19.0 Å². The number of aromatic nitrogens is 2. The van der Waals surface area contributed by atoms with Gasteiger partial charge in [-0.1, -0.05) is 35.5 Å². The Balaban J connectivity index is 1.61. The lowest BCUT2D eigenvalue weighted by molar-refractivity contribution is 0.199. The highest BCUT2D eigenvalue weighted by Gasteiger charge is 2.36. The second-order valence-corrected chi connectivity index (χ2v) is 8.55. The molecular weight excluding hydrogens is 444 g/mol. The number of furan rings is 1. The number of hydrogen-bond acceptors (Lipinski definition) is 6. The van der Waals surface area contributed by atoms with Gasteiger partial charge in [-0.25, -0.2) is 4.79 Å². The van der Waals surface area contributed by atoms with E-state index in [-0.39, 0.29) is 12.6 Å². The molecule has 35 heavy (non-hydrogen) atoms. The number of carbonyl (C=O) groups is 1. The SMILES string of the molecule is COc1cccc(-c2noc(C3=C(C)N(Cc4ccco4)C(=O)NC3c3ccc(C)c(C)c3)n2)c1. The van der Waals surface area contributed by atoms with E-state index in [2.05, 4.69) is 36.5 Å². The Morgan fingerprint density at radius 1 is 1.06 bits per heavy atom. The van der Waals surface area contributed by atoms with E-state index in [1.54, 1.807) is 24.3 Å². The molecule has 0 spiro atoms. The number of benzene rings is 2. The highest BCUT2D eigenvalue weighted by atomic mass is 16.5. The topological polar surface area (TPSA) is 93.6 Å². The van der Waals surface area contributed by atoms with Crippen LogP contribution in [0.1, 0.15) is 41.3 Å². The lowest BCUT2D eigenvalue weighted by Crippen LogP contribution is -2.45. The smallest absolute Gasteiger partial charge is 0.322 e. The Morgan fingerprint density at radius 3 is 2.66 bits per heavy atom. The average molecular weight is 471 g/mol. The van der Waals surface area contributed by atoms with Crippen LogP contribution in [0.5, 0.6) is 5.75 Å². The van der Waals surface area contributed by atoms with E-state index in [1.807, 2.05) is 43.3 Å². The maximum Gasteiger partial charge on any atom is 0.322 e. The lowest BCUT2D eigenvalue weighted by atomic mass is 9.92. The number of hydrogen-bond donors (Lipinski definition) is 1. The van der Waals surface area contributed by atoms with Crippen molar-refractivity contribution in [3.05, 3.63) is 94.9 Å². The van der Waals surface area contributed by atoms with Crippen molar-refractivity contribution in [3.8, 4) is 17.1 Å². The summed E-state index contributed by atoms with van der Waals surface area (Å²) >= 11 is 0. The first kappa shape index (κ1) is 22.5. The summed E-state index contributed by atoms with van der Waals surface area (Å²) in [6, 6.07) is 16.6. The normalized spacial score (nSPS) is 15.9. The molecule has 0 fully saturated rings. The van der Waals surface area contributed by atoms with Gasteiger partial charge in [0.2, 0.25) is 5.82 Å². The van der Waals surface area contributed by atoms with Crippen LogP contribution in [0.15, 0.2) is 75.5 Å². The van der Waals surface area contributed by atoms with Gasteiger partial charge in [0, 0.05) is 11.3 Å². The lowest BCUT2D eigenvalue weighted by Gasteiger charge is -2.34. The molecule has 0 radical (unpaired) electrons. The summed E-state index contributed by atoms with van der Waals surface area (Å²) in [6.45, 7) is 6.28. The van der Waals surface area contributed by atoms with E-state index in [1.165, 1.54) is 5.56 Å². The summed E-state index contributed by atoms with van der Waals surface area (Å²) in [6.07, 6.45) is 1.59. The number of rotatable bonds is 6. The van der Waals surface area contributed by atoms with Crippen LogP contribution in [-0.4, -0.2) is 28.2 Å². The quantitative estimate of drug-likeness (QED) is 0.391. The monoisotopic (exact) mass is 470 g/mol. The summed E-state index contributed by atoms with van der Waals surface area (Å²) < 4.78 is 16.6. The molecule has 0 saturated carbocycles. The van der Waals surface area contributed by atoms with E-state index < -0.39 is 6.04 Å². The number of allylic oxidation sites excluding steroid dienone is 1. The third-order valence-corrected chi connectivity index (χ3v) is 6.34. The molecule has 3 heterocycles. The van der Waals surface area contributed by atoms with Gasteiger partial charge in [0.15, 0.2) is 0 Å². The molecule has 4 aromatic rings. The van der Waals surface area contributed by atoms with Crippen molar-refractivity contribution in [1.82, 2.24) is 20.4 Å². The highest BCUT2D eigenvalue weighted by Crippen LogP contribution is 2.38. The Kier molecular flexibility index (Phi) is 5.86. The molecule has 2 amide bonds. The second kappa shape index (κ2) is 9.13. The number of carbonyl (C=O) groups excluding carboxylic acids is 1. The minimum Gasteiger partial charge on any atom is -0.497 e. The standard InChI is InChI=1S/C27H26N4O4/c1-16-10-11-19(13-17(16)2)24-23(18(3)31(27(32)28-24)15-22-9-6-12-34-22)26-29-25(30-35-26)20-7-5-8-21(14-20)33-4/h5-14,24H,15H2,1-4H3,(H,28,32). The second-order valence-electron chi connectivity index (χ2n) is 8.55. The van der Waals surface area contributed by atoms with Crippen molar-refractivity contribution in [2.24, 2.45) is 0 Å². The molecule has 0 aliphatic carbocycles. The molecule has 2 aromatic carbocycles. The minimum absolute atomic E-state index is 0.224. The fourth-order valence-electron chi connectivity index (χ4n) is 4.21. The Morgan fingerprint density at radius 2 is 1.91 bits per heavy atom. The molecule has 178 valence electrons. The maximum absolute atomic E-state index is 13.2. The van der Waals surface area contributed by atoms with Crippen molar-refractivity contribution >= 4 is 11.6 Å². The first-order chi connectivity index (χ1) is 16.9. The zero-order chi connectivity index (χ0) is 24.5. The molecule has 2 aromatic heterocycles. The van der Waals surface area contributed by atoms with Crippen molar-refractivity contribution in [1.29, 1.82) is 0 Å². The fraction of sp³-hybridized carbons (Fsp3) is 0.222. The van der Waals surface area contributed by atoms with E-state index in [4.69, 9.17) is 18.7 Å². The number of nitrogens with zero attached hydrogens (tertiary/aromatic N) is 3. The molecule has 1 atom stereocenters. The number of aryl methyl sites for hydroxylation is 2. The molecule has 5 rings (SSSR count). The van der Waals surface area contributed by atoms with E-state index in [0.717, 1.165) is 22.3 Å². The van der Waals surface area contributed by atoms with Crippen LogP contribution in [0.4, 0.5) is 4.79 Å². The van der Waals surface area contributed by atoms with Crippen molar-refractivity contribution in [2.45, 2.75) is 33.4 Å². The van der Waals surface area contributed by atoms with Gasteiger partial charge in [-0.05, 0) is 61.7 Å². The predicted molar refractivity (Wildman–Crippen MR) is 130 cm³/mol. The number of methoxy groups -OCH3 is 1. The van der Waals surface area contributed by atoms with Gasteiger partial charge in [0.1, 0.15) is 11.5 Å². The van der Waals surface area contributed by atoms with Crippen molar-refractivity contribution < 1.29 is 18.5 Å². The highest BCUT2D eigenvalue weighted by molar-refractivity contribution is 5.86. The van der Waals surface area contributed by atoms with Crippen molar-refractivity contribution in [3.63, 3.8) is 0 Å². The fourth-order valence-corrected chi connectivity index (χ4v) is 4.21. The van der Waals surface area contributed by atoms with E-state index in [9.17, 15) is 4.79 Å². The third-order valence-electron chi connectivity index (χ3n) is 6.34. The third kappa shape index (κ3) is 4.30. The number of urea groups is 1. The van der Waals surface area contributed by atoms with Gasteiger partial charge in [0.25, 0.3) is 5.89 Å². The molecule has 8 heteroatoms. The first-order valence-corrected chi connectivity index (χ1v) is 11.3. The summed E-state index contributed by atoms with van der Waals surface area (Å²) in [5.74, 6) is 2.15. The van der Waals surface area contributed by atoms with Crippen LogP contribution < -0.4 is 10.1 Å². The van der Waals surface area contributed by atoms with Crippen LogP contribution >= 0.6 is 0 Å². The summed E-state index contributed by atoms with van der Waals surface area (Å²) in [5.41, 5.74) is 5.47. The zero-order valence-corrected chi connectivity index (χ0v) is 20.0. The van der Waals surface area contributed by atoms with Gasteiger partial charge >= 0.3 is 6.03 Å². The van der Waals surface area contributed by atoms with Gasteiger partial charge in [-0.3, -0.25) is 4.90 Å². The molecule has 1 aliphatic heterocycles. The number of nitrogens with one attached hydrogen (secondary N) is 1. The van der Waals surface area contributed by atoms with Crippen LogP contribution in [0.3, 0.4) is 0 Å². The van der Waals surface area contributed by atoms with Gasteiger partial charge in [0.05, 0.1) is 31.5 Å². The Bertz CT molecular complexity index is 1400. The molecule has 0 bridgehead atoms. The molecule has 1 aliphatic rings. The summed E-state index contributed by atoms with van der Waals surface area (Å²) in [4.78, 5) is 19.5. The van der Waals surface area contributed by atoms with Gasteiger partial charge in [-0.15, -0.1) is 0 Å². The largest absolute Gasteiger partial charge is 0.497 e. The maximum atomic E-state index is 13.2. The van der Waals surface area contributed by atoms with E-state index in [0.29, 0.717) is 28.9 Å². The summed E-state index contributed by atoms with van der Waals surface area (Å²) in [7, 11) is 1.61. The van der Waals surface area contributed by atoms with Crippen LogP contribution in [0.2, 0.25) is 0 Å². The molecule has 1 N–H and O–H groups in total. The molecule has 8 nitrogen and oxygen atoms in total. The van der Waals surface area contributed by atoms with Crippen LogP contribution in [0, 0.1) is 13.8 Å². The van der Waals surface area contributed by atoms with E-state index >= 15 is 0 Å². The Hall–Kier alpha value is -4.33. The van der Waals surface area contributed by atoms with Crippen molar-refractivity contribution in [2.75, 3.05) is 7.11 Å². The first-order valence-electron chi connectivity index (χ1n) is 11.3. The predicted octanol–water partition coefficient (Wildman–Crippen LogP) is 5.65.